The molecule has 1 aliphatic rings. The van der Waals surface area contributed by atoms with Crippen LogP contribution in [0, 0.1) is 11.8 Å². The van der Waals surface area contributed by atoms with Crippen LogP contribution < -0.4 is 0 Å². The van der Waals surface area contributed by atoms with Crippen molar-refractivity contribution in [2.75, 3.05) is 0 Å². The minimum Gasteiger partial charge on any atom is -0.512 e. The Hall–Kier alpha value is -0.790. The second-order valence-electron chi connectivity index (χ2n) is 3.91. The lowest BCUT2D eigenvalue weighted by Gasteiger charge is -2.24. The summed E-state index contributed by atoms with van der Waals surface area (Å²) in [5.74, 6) is 1.22. The lowest BCUT2D eigenvalue weighted by Crippen LogP contribution is -2.21. The zero-order chi connectivity index (χ0) is 9.30. The molecule has 0 fully saturated rings. The van der Waals surface area contributed by atoms with Crippen molar-refractivity contribution in [1.29, 1.82) is 0 Å². The average molecular weight is 168 g/mol. The molecule has 1 unspecified atom stereocenters. The first-order chi connectivity index (χ1) is 5.52. The van der Waals surface area contributed by atoms with Gasteiger partial charge in [0.25, 0.3) is 0 Å². The first kappa shape index (κ1) is 9.30. The monoisotopic (exact) mass is 168 g/mol. The standard InChI is InChI=1S/C10H16O2/c1-6(2)8-4-9(11)7(3)10(12)5-8/h6,8,11H,4-5H2,1-3H3. The van der Waals surface area contributed by atoms with Gasteiger partial charge >= 0.3 is 0 Å². The van der Waals surface area contributed by atoms with E-state index in [-0.39, 0.29) is 5.78 Å². The molecule has 12 heavy (non-hydrogen) atoms. The third-order valence-corrected chi connectivity index (χ3v) is 2.70. The van der Waals surface area contributed by atoms with Crippen molar-refractivity contribution in [2.24, 2.45) is 11.8 Å². The van der Waals surface area contributed by atoms with Crippen molar-refractivity contribution in [2.45, 2.75) is 33.6 Å². The maximum atomic E-state index is 11.3. The summed E-state index contributed by atoms with van der Waals surface area (Å²) < 4.78 is 0. The van der Waals surface area contributed by atoms with E-state index in [0.29, 0.717) is 36.0 Å². The van der Waals surface area contributed by atoms with Gasteiger partial charge in [-0.1, -0.05) is 13.8 Å². The van der Waals surface area contributed by atoms with E-state index in [9.17, 15) is 9.90 Å². The summed E-state index contributed by atoms with van der Waals surface area (Å²) in [4.78, 5) is 11.3. The Kier molecular flexibility index (Phi) is 2.55. The minimum atomic E-state index is 0.109. The maximum absolute atomic E-state index is 11.3. The number of aliphatic hydroxyl groups is 1. The van der Waals surface area contributed by atoms with Crippen LogP contribution in [0.25, 0.3) is 0 Å². The van der Waals surface area contributed by atoms with Crippen LogP contribution in [0.3, 0.4) is 0 Å². The Balaban J connectivity index is 2.78. The molecule has 0 aromatic heterocycles. The summed E-state index contributed by atoms with van der Waals surface area (Å²) in [5.41, 5.74) is 0.562. The lowest BCUT2D eigenvalue weighted by molar-refractivity contribution is -0.117. The third-order valence-electron chi connectivity index (χ3n) is 2.70. The topological polar surface area (TPSA) is 37.3 Å². The summed E-state index contributed by atoms with van der Waals surface area (Å²) in [6.45, 7) is 5.88. The van der Waals surface area contributed by atoms with Crippen molar-refractivity contribution in [3.8, 4) is 0 Å². The second-order valence-corrected chi connectivity index (χ2v) is 3.91. The van der Waals surface area contributed by atoms with Gasteiger partial charge in [0.2, 0.25) is 0 Å². The summed E-state index contributed by atoms with van der Waals surface area (Å²) >= 11 is 0. The Labute approximate surface area is 73.3 Å². The highest BCUT2D eigenvalue weighted by Gasteiger charge is 2.26. The third kappa shape index (κ3) is 1.68. The molecular weight excluding hydrogens is 152 g/mol. The van der Waals surface area contributed by atoms with Crippen LogP contribution in [-0.2, 0) is 4.79 Å². The van der Waals surface area contributed by atoms with E-state index in [1.165, 1.54) is 0 Å². The van der Waals surface area contributed by atoms with E-state index >= 15 is 0 Å². The fourth-order valence-corrected chi connectivity index (χ4v) is 1.50. The number of carbonyl (C=O) groups is 1. The number of ketones is 1. The number of allylic oxidation sites excluding steroid dienone is 2. The molecule has 0 heterocycles. The van der Waals surface area contributed by atoms with Crippen LogP contribution in [-0.4, -0.2) is 10.9 Å². The van der Waals surface area contributed by atoms with Crippen molar-refractivity contribution in [1.82, 2.24) is 0 Å². The van der Waals surface area contributed by atoms with Gasteiger partial charge in [-0.3, -0.25) is 4.79 Å². The van der Waals surface area contributed by atoms with Gasteiger partial charge in [0.15, 0.2) is 5.78 Å². The van der Waals surface area contributed by atoms with E-state index in [1.807, 2.05) is 0 Å². The summed E-state index contributed by atoms with van der Waals surface area (Å²) in [6, 6.07) is 0. The highest BCUT2D eigenvalue weighted by atomic mass is 16.3. The molecule has 1 rings (SSSR count). The molecule has 0 aliphatic heterocycles. The van der Waals surface area contributed by atoms with E-state index in [2.05, 4.69) is 13.8 Å². The van der Waals surface area contributed by atoms with Crippen LogP contribution in [0.4, 0.5) is 0 Å². The number of rotatable bonds is 1. The molecule has 1 aliphatic carbocycles. The summed E-state index contributed by atoms with van der Waals surface area (Å²) in [7, 11) is 0. The Morgan fingerprint density at radius 1 is 1.42 bits per heavy atom. The van der Waals surface area contributed by atoms with Crippen LogP contribution in [0.5, 0.6) is 0 Å². The normalized spacial score (nSPS) is 25.3. The average Bonchev–Trinajstić information content (AvgIpc) is 1.99. The molecule has 1 atom stereocenters. The molecule has 0 spiro atoms. The first-order valence-electron chi connectivity index (χ1n) is 4.44. The van der Waals surface area contributed by atoms with E-state index < -0.39 is 0 Å². The lowest BCUT2D eigenvalue weighted by atomic mass is 9.81. The number of hydrogen-bond acceptors (Lipinski definition) is 2. The second kappa shape index (κ2) is 3.30. The van der Waals surface area contributed by atoms with Gasteiger partial charge < -0.3 is 5.11 Å². The fraction of sp³-hybridized carbons (Fsp3) is 0.700. The molecule has 0 amide bonds. The summed E-state index contributed by atoms with van der Waals surface area (Å²) in [5, 5.41) is 9.43. The van der Waals surface area contributed by atoms with Gasteiger partial charge in [-0.2, -0.15) is 0 Å². The molecule has 0 saturated heterocycles. The van der Waals surface area contributed by atoms with E-state index in [1.54, 1.807) is 6.92 Å². The molecule has 68 valence electrons. The van der Waals surface area contributed by atoms with Crippen LogP contribution in [0.15, 0.2) is 11.3 Å². The van der Waals surface area contributed by atoms with Gasteiger partial charge in [0, 0.05) is 18.4 Å². The smallest absolute Gasteiger partial charge is 0.162 e. The van der Waals surface area contributed by atoms with Crippen LogP contribution in [0.2, 0.25) is 0 Å². The van der Waals surface area contributed by atoms with Crippen molar-refractivity contribution >= 4 is 5.78 Å². The zero-order valence-electron chi connectivity index (χ0n) is 7.92. The Bertz CT molecular complexity index is 226. The molecule has 1 N–H and O–H groups in total. The van der Waals surface area contributed by atoms with E-state index in [4.69, 9.17) is 0 Å². The number of aliphatic hydroxyl groups excluding tert-OH is 1. The van der Waals surface area contributed by atoms with Crippen molar-refractivity contribution in [3.05, 3.63) is 11.3 Å². The highest BCUT2D eigenvalue weighted by molar-refractivity contribution is 5.96. The molecule has 0 aromatic carbocycles. The SMILES string of the molecule is CC1=C(O)CC(C(C)C)CC1=O. The maximum Gasteiger partial charge on any atom is 0.162 e. The Morgan fingerprint density at radius 2 is 2.00 bits per heavy atom. The number of carbonyl (C=O) groups excluding carboxylic acids is 1. The summed E-state index contributed by atoms with van der Waals surface area (Å²) in [6.07, 6.45) is 1.28. The molecule has 0 radical (unpaired) electrons. The van der Waals surface area contributed by atoms with Crippen LogP contribution in [0.1, 0.15) is 33.6 Å². The van der Waals surface area contributed by atoms with Gasteiger partial charge in [0.1, 0.15) is 0 Å². The van der Waals surface area contributed by atoms with Crippen molar-refractivity contribution < 1.29 is 9.90 Å². The van der Waals surface area contributed by atoms with Gasteiger partial charge in [-0.15, -0.1) is 0 Å². The van der Waals surface area contributed by atoms with Crippen LogP contribution >= 0.6 is 0 Å². The van der Waals surface area contributed by atoms with E-state index in [0.717, 1.165) is 0 Å². The van der Waals surface area contributed by atoms with Gasteiger partial charge in [-0.25, -0.2) is 0 Å². The van der Waals surface area contributed by atoms with Gasteiger partial charge in [0.05, 0.1) is 5.76 Å². The quantitative estimate of drug-likeness (QED) is 0.653. The highest BCUT2D eigenvalue weighted by Crippen LogP contribution is 2.30. The fourth-order valence-electron chi connectivity index (χ4n) is 1.50. The number of hydrogen-bond donors (Lipinski definition) is 1. The van der Waals surface area contributed by atoms with Crippen molar-refractivity contribution in [3.63, 3.8) is 0 Å². The molecule has 0 aromatic rings. The predicted octanol–water partition coefficient (Wildman–Crippen LogP) is 2.45. The molecule has 0 bridgehead atoms. The molecular formula is C10H16O2. The largest absolute Gasteiger partial charge is 0.512 e. The molecule has 2 nitrogen and oxygen atoms in total. The first-order valence-corrected chi connectivity index (χ1v) is 4.44. The minimum absolute atomic E-state index is 0.109. The zero-order valence-corrected chi connectivity index (χ0v) is 7.92. The molecule has 0 saturated carbocycles. The molecule has 2 heteroatoms. The Morgan fingerprint density at radius 3 is 2.42 bits per heavy atom. The van der Waals surface area contributed by atoms with Gasteiger partial charge in [-0.05, 0) is 18.8 Å². The predicted molar refractivity (Wildman–Crippen MR) is 47.9 cm³/mol. The number of Topliss-reactive ketones (excluding diaryl/α,β-unsaturated/α-hetero) is 1.